The van der Waals surface area contributed by atoms with Gasteiger partial charge in [-0.05, 0) is 97.1 Å². The van der Waals surface area contributed by atoms with Gasteiger partial charge in [0.25, 0.3) is 5.91 Å². The van der Waals surface area contributed by atoms with E-state index in [2.05, 4.69) is 55.4 Å². The third-order valence-electron chi connectivity index (χ3n) is 9.01. The van der Waals surface area contributed by atoms with Gasteiger partial charge in [0.05, 0.1) is 0 Å². The molecule has 5 nitrogen and oxygen atoms in total. The Morgan fingerprint density at radius 3 is 1.84 bits per heavy atom. The maximum atomic E-state index is 13.1. The first kappa shape index (κ1) is 28.1. The molecule has 4 aliphatic carbocycles. The van der Waals surface area contributed by atoms with E-state index < -0.39 is 6.04 Å². The van der Waals surface area contributed by atoms with E-state index in [4.69, 9.17) is 0 Å². The second kappa shape index (κ2) is 11.9. The monoisotopic (exact) mass is 509 g/mol. The van der Waals surface area contributed by atoms with Crippen LogP contribution in [0.5, 0.6) is 0 Å². The molecular formula is C32H51N3O2. The van der Waals surface area contributed by atoms with Gasteiger partial charge in [-0.3, -0.25) is 9.59 Å². The summed E-state index contributed by atoms with van der Waals surface area (Å²) in [5.74, 6) is 3.65. The molecule has 37 heavy (non-hydrogen) atoms. The number of carbonyl (C=O) groups excluding carboxylic acids is 2. The highest BCUT2D eigenvalue weighted by atomic mass is 16.2. The van der Waals surface area contributed by atoms with Crippen LogP contribution in [0.2, 0.25) is 0 Å². The summed E-state index contributed by atoms with van der Waals surface area (Å²) in [6, 6.07) is 7.82. The minimum Gasteiger partial charge on any atom is -0.353 e. The van der Waals surface area contributed by atoms with Crippen LogP contribution in [0.15, 0.2) is 24.3 Å². The van der Waals surface area contributed by atoms with E-state index in [1.54, 1.807) is 0 Å². The lowest BCUT2D eigenvalue weighted by atomic mass is 9.48. The molecule has 0 radical (unpaired) electrons. The minimum atomic E-state index is -0.543. The fourth-order valence-electron chi connectivity index (χ4n) is 7.94. The highest BCUT2D eigenvalue weighted by molar-refractivity contribution is 5.97. The van der Waals surface area contributed by atoms with Gasteiger partial charge in [-0.15, -0.1) is 0 Å². The molecule has 2 amide bonds. The molecule has 4 bridgehead atoms. The van der Waals surface area contributed by atoms with E-state index in [0.29, 0.717) is 29.4 Å². The molecular weight excluding hydrogens is 458 g/mol. The first-order valence-corrected chi connectivity index (χ1v) is 15.0. The van der Waals surface area contributed by atoms with Gasteiger partial charge in [0.1, 0.15) is 6.04 Å². The molecule has 5 rings (SSSR count). The Hall–Kier alpha value is -1.88. The summed E-state index contributed by atoms with van der Waals surface area (Å²) in [7, 11) is 0. The number of carbonyl (C=O) groups is 2. The number of rotatable bonds is 12. The van der Waals surface area contributed by atoms with Crippen molar-refractivity contribution in [2.75, 3.05) is 26.2 Å². The van der Waals surface area contributed by atoms with Crippen molar-refractivity contribution < 1.29 is 9.59 Å². The summed E-state index contributed by atoms with van der Waals surface area (Å²) >= 11 is 0. The van der Waals surface area contributed by atoms with Gasteiger partial charge in [0.2, 0.25) is 5.91 Å². The summed E-state index contributed by atoms with van der Waals surface area (Å²) in [6.45, 7) is 16.4. The molecule has 1 aromatic rings. The molecule has 5 heteroatoms. The van der Waals surface area contributed by atoms with Gasteiger partial charge in [-0.25, -0.2) is 0 Å². The summed E-state index contributed by atoms with van der Waals surface area (Å²) < 4.78 is 0. The number of nitrogens with one attached hydrogen (secondary N) is 2. The van der Waals surface area contributed by atoms with Crippen molar-refractivity contribution in [3.63, 3.8) is 0 Å². The zero-order valence-corrected chi connectivity index (χ0v) is 24.2. The van der Waals surface area contributed by atoms with Crippen LogP contribution in [0.4, 0.5) is 0 Å². The van der Waals surface area contributed by atoms with E-state index in [-0.39, 0.29) is 17.7 Å². The predicted octanol–water partition coefficient (Wildman–Crippen LogP) is 5.64. The summed E-state index contributed by atoms with van der Waals surface area (Å²) in [6.07, 6.45) is 8.29. The Balaban J connectivity index is 1.33. The number of hydrogen-bond donors (Lipinski definition) is 2. The lowest BCUT2D eigenvalue weighted by molar-refractivity contribution is -0.124. The van der Waals surface area contributed by atoms with E-state index in [0.717, 1.165) is 37.4 Å². The fourth-order valence-corrected chi connectivity index (χ4v) is 7.94. The third kappa shape index (κ3) is 6.96. The summed E-state index contributed by atoms with van der Waals surface area (Å²) in [4.78, 5) is 28.6. The van der Waals surface area contributed by atoms with Crippen LogP contribution in [-0.2, 0) is 10.2 Å². The predicted molar refractivity (Wildman–Crippen MR) is 152 cm³/mol. The lowest BCUT2D eigenvalue weighted by Crippen LogP contribution is -2.51. The molecule has 0 unspecified atom stereocenters. The van der Waals surface area contributed by atoms with Gasteiger partial charge in [-0.1, -0.05) is 53.7 Å². The van der Waals surface area contributed by atoms with Crippen molar-refractivity contribution in [3.05, 3.63) is 35.4 Å². The SMILES string of the molecule is CC(C)CN(CCNC(=O)[C@H](NC(=O)c1ccc(C23CC4CC(CC(C4)C2)C3)cc1)C(C)C)CC(C)C. The van der Waals surface area contributed by atoms with Crippen LogP contribution in [0.1, 0.15) is 96.0 Å². The largest absolute Gasteiger partial charge is 0.353 e. The Morgan fingerprint density at radius 2 is 1.38 bits per heavy atom. The average molecular weight is 510 g/mol. The van der Waals surface area contributed by atoms with Crippen molar-refractivity contribution in [3.8, 4) is 0 Å². The summed E-state index contributed by atoms with van der Waals surface area (Å²) in [5, 5.41) is 6.11. The van der Waals surface area contributed by atoms with Crippen molar-refractivity contribution in [2.24, 2.45) is 35.5 Å². The van der Waals surface area contributed by atoms with Crippen LogP contribution >= 0.6 is 0 Å². The van der Waals surface area contributed by atoms with Crippen LogP contribution in [-0.4, -0.2) is 48.9 Å². The normalized spacial score (nSPS) is 27.4. The molecule has 1 atom stereocenters. The molecule has 206 valence electrons. The zero-order valence-electron chi connectivity index (χ0n) is 24.2. The van der Waals surface area contributed by atoms with Crippen molar-refractivity contribution in [2.45, 2.75) is 91.5 Å². The quantitative estimate of drug-likeness (QED) is 0.383. The van der Waals surface area contributed by atoms with Gasteiger partial charge in [0, 0.05) is 31.7 Å². The minimum absolute atomic E-state index is 0.0117. The Kier molecular flexibility index (Phi) is 9.04. The maximum absolute atomic E-state index is 13.1. The second-order valence-corrected chi connectivity index (χ2v) is 13.8. The summed E-state index contributed by atoms with van der Waals surface area (Å²) in [5.41, 5.74) is 2.41. The van der Waals surface area contributed by atoms with Gasteiger partial charge >= 0.3 is 0 Å². The molecule has 0 spiro atoms. The van der Waals surface area contributed by atoms with Gasteiger partial charge in [0.15, 0.2) is 0 Å². The standard InChI is InChI=1S/C32H51N3O2/c1-21(2)19-35(20-22(3)4)12-11-33-31(37)29(23(5)6)34-30(36)27-7-9-28(10-8-27)32-16-24-13-25(17-32)15-26(14-24)18-32/h7-10,21-26,29H,11-20H2,1-6H3,(H,33,37)(H,34,36)/t24?,25?,26?,29-,32?/m1/s1. The molecule has 4 fully saturated rings. The third-order valence-corrected chi connectivity index (χ3v) is 9.01. The Morgan fingerprint density at radius 1 is 0.865 bits per heavy atom. The average Bonchev–Trinajstić information content (AvgIpc) is 2.80. The van der Waals surface area contributed by atoms with Crippen LogP contribution in [0, 0.1) is 35.5 Å². The first-order valence-electron chi connectivity index (χ1n) is 15.0. The topological polar surface area (TPSA) is 61.4 Å². The van der Waals surface area contributed by atoms with Gasteiger partial charge < -0.3 is 15.5 Å². The Labute approximate surface area is 225 Å². The van der Waals surface area contributed by atoms with E-state index in [1.807, 2.05) is 26.0 Å². The van der Waals surface area contributed by atoms with Crippen molar-refractivity contribution >= 4 is 11.8 Å². The van der Waals surface area contributed by atoms with Crippen LogP contribution < -0.4 is 10.6 Å². The number of benzene rings is 1. The van der Waals surface area contributed by atoms with Gasteiger partial charge in [-0.2, -0.15) is 0 Å². The molecule has 4 aliphatic rings. The number of amides is 2. The van der Waals surface area contributed by atoms with Crippen molar-refractivity contribution in [1.82, 2.24) is 15.5 Å². The highest BCUT2D eigenvalue weighted by Crippen LogP contribution is 2.60. The lowest BCUT2D eigenvalue weighted by Gasteiger charge is -2.57. The number of hydrogen-bond acceptors (Lipinski definition) is 3. The number of nitrogens with zero attached hydrogens (tertiary/aromatic N) is 1. The van der Waals surface area contributed by atoms with Crippen LogP contribution in [0.25, 0.3) is 0 Å². The zero-order chi connectivity index (χ0) is 26.7. The van der Waals surface area contributed by atoms with Crippen molar-refractivity contribution in [1.29, 1.82) is 0 Å². The second-order valence-electron chi connectivity index (χ2n) is 13.8. The Bertz CT molecular complexity index is 875. The van der Waals surface area contributed by atoms with E-state index in [1.165, 1.54) is 44.1 Å². The van der Waals surface area contributed by atoms with Crippen LogP contribution in [0.3, 0.4) is 0 Å². The molecule has 0 saturated heterocycles. The smallest absolute Gasteiger partial charge is 0.251 e. The molecule has 0 aliphatic heterocycles. The first-order chi connectivity index (χ1) is 17.5. The molecule has 4 saturated carbocycles. The van der Waals surface area contributed by atoms with E-state index >= 15 is 0 Å². The molecule has 0 heterocycles. The molecule has 1 aromatic carbocycles. The highest BCUT2D eigenvalue weighted by Gasteiger charge is 2.51. The molecule has 2 N–H and O–H groups in total. The fraction of sp³-hybridized carbons (Fsp3) is 0.750. The molecule has 0 aromatic heterocycles. The van der Waals surface area contributed by atoms with E-state index in [9.17, 15) is 9.59 Å². The maximum Gasteiger partial charge on any atom is 0.251 e.